The zero-order valence-corrected chi connectivity index (χ0v) is 21.0. The van der Waals surface area contributed by atoms with Crippen LogP contribution in [0.1, 0.15) is 43.7 Å². The zero-order chi connectivity index (χ0) is 24.0. The van der Waals surface area contributed by atoms with Crippen LogP contribution in [0, 0.1) is 34.6 Å². The van der Waals surface area contributed by atoms with Crippen molar-refractivity contribution in [3.63, 3.8) is 0 Å². The average Bonchev–Trinajstić information content (AvgIpc) is 3.37. The number of benzene rings is 3. The highest BCUT2D eigenvalue weighted by molar-refractivity contribution is 7.99. The van der Waals surface area contributed by atoms with Gasteiger partial charge >= 0.3 is 0 Å². The van der Waals surface area contributed by atoms with Gasteiger partial charge in [-0.2, -0.15) is 0 Å². The molecule has 0 spiro atoms. The van der Waals surface area contributed by atoms with Gasteiger partial charge in [-0.3, -0.25) is 9.20 Å². The first-order valence-corrected chi connectivity index (χ1v) is 12.4. The number of aromatic nitrogens is 4. The second-order valence-corrected chi connectivity index (χ2v) is 9.97. The first-order chi connectivity index (χ1) is 16.3. The van der Waals surface area contributed by atoms with Gasteiger partial charge in [0.2, 0.25) is 5.78 Å². The average molecular weight is 469 g/mol. The predicted octanol–water partition coefficient (Wildman–Crippen LogP) is 6.25. The monoisotopic (exact) mass is 468 g/mol. The second-order valence-electron chi connectivity index (χ2n) is 9.03. The van der Waals surface area contributed by atoms with Gasteiger partial charge in [0.05, 0.1) is 23.3 Å². The molecule has 5 rings (SSSR count). The Morgan fingerprint density at radius 3 is 2.18 bits per heavy atom. The van der Waals surface area contributed by atoms with Crippen molar-refractivity contribution < 1.29 is 4.79 Å². The molecule has 0 atom stereocenters. The lowest BCUT2D eigenvalue weighted by atomic mass is 9.92. The minimum atomic E-state index is 0.131. The Balaban J connectivity index is 1.50. The lowest BCUT2D eigenvalue weighted by Crippen LogP contribution is -2.10. The molecule has 0 bridgehead atoms. The number of para-hydroxylation sites is 2. The van der Waals surface area contributed by atoms with E-state index in [4.69, 9.17) is 0 Å². The molecule has 0 saturated heterocycles. The summed E-state index contributed by atoms with van der Waals surface area (Å²) in [5.74, 6) is 1.24. The van der Waals surface area contributed by atoms with Crippen LogP contribution in [0.25, 0.3) is 16.8 Å². The fourth-order valence-electron chi connectivity index (χ4n) is 4.60. The number of thioether (sulfide) groups is 1. The molecule has 0 aliphatic rings. The van der Waals surface area contributed by atoms with Crippen LogP contribution in [0.4, 0.5) is 0 Å². The number of imidazole rings is 1. The van der Waals surface area contributed by atoms with Gasteiger partial charge in [0.1, 0.15) is 0 Å². The Bertz CT molecular complexity index is 1520. The molecule has 0 aliphatic heterocycles. The van der Waals surface area contributed by atoms with E-state index >= 15 is 0 Å². The normalized spacial score (nSPS) is 11.6. The Morgan fingerprint density at radius 2 is 1.50 bits per heavy atom. The van der Waals surface area contributed by atoms with Crippen molar-refractivity contribution >= 4 is 34.4 Å². The van der Waals surface area contributed by atoms with Gasteiger partial charge < -0.3 is 4.57 Å². The van der Waals surface area contributed by atoms with Crippen LogP contribution >= 0.6 is 11.8 Å². The lowest BCUT2D eigenvalue weighted by Gasteiger charge is -2.14. The van der Waals surface area contributed by atoms with Gasteiger partial charge in [-0.25, -0.2) is 0 Å². The molecule has 172 valence electrons. The summed E-state index contributed by atoms with van der Waals surface area (Å²) in [6.07, 6.45) is 0. The SMILES string of the molecule is Cc1ccc(Cn2c3ccccc3n3c(SCC(=O)c4c(C)c(C)cc(C)c4C)nnc23)cc1. The molecule has 0 aliphatic carbocycles. The zero-order valence-electron chi connectivity index (χ0n) is 20.2. The molecule has 2 aromatic heterocycles. The molecule has 0 fully saturated rings. The van der Waals surface area contributed by atoms with Crippen molar-refractivity contribution in [2.75, 3.05) is 5.75 Å². The highest BCUT2D eigenvalue weighted by Gasteiger charge is 2.20. The highest BCUT2D eigenvalue weighted by Crippen LogP contribution is 2.29. The minimum Gasteiger partial charge on any atom is -0.304 e. The number of carbonyl (C=O) groups is 1. The number of ketones is 1. The maximum absolute atomic E-state index is 13.3. The van der Waals surface area contributed by atoms with Crippen molar-refractivity contribution in [2.24, 2.45) is 0 Å². The van der Waals surface area contributed by atoms with Crippen LogP contribution in [-0.4, -0.2) is 30.7 Å². The van der Waals surface area contributed by atoms with Gasteiger partial charge in [-0.1, -0.05) is 59.8 Å². The smallest absolute Gasteiger partial charge is 0.237 e. The number of Topliss-reactive ketones (excluding diaryl/α,β-unsaturated/α-hetero) is 1. The molecule has 0 radical (unpaired) electrons. The van der Waals surface area contributed by atoms with Crippen molar-refractivity contribution in [3.8, 4) is 0 Å². The Morgan fingerprint density at radius 1 is 0.853 bits per heavy atom. The molecule has 0 amide bonds. The first kappa shape index (κ1) is 22.4. The summed E-state index contributed by atoms with van der Waals surface area (Å²) in [6.45, 7) is 11.0. The standard InChI is InChI=1S/C28H28N4OS/c1-17-10-12-22(13-11-17)15-31-23-8-6-7-9-24(23)32-27(31)29-30-28(32)34-16-25(33)26-20(4)18(2)14-19(3)21(26)5/h6-14H,15-16H2,1-5H3. The van der Waals surface area contributed by atoms with E-state index in [2.05, 4.69) is 82.4 Å². The molecule has 0 N–H and O–H groups in total. The number of carbonyl (C=O) groups excluding carboxylic acids is 1. The minimum absolute atomic E-state index is 0.131. The van der Waals surface area contributed by atoms with Crippen LogP contribution in [-0.2, 0) is 6.54 Å². The van der Waals surface area contributed by atoms with E-state index in [0.29, 0.717) is 12.3 Å². The molecule has 0 saturated carbocycles. The third-order valence-electron chi connectivity index (χ3n) is 6.71. The summed E-state index contributed by atoms with van der Waals surface area (Å²) in [5, 5.41) is 9.74. The maximum atomic E-state index is 13.3. The third kappa shape index (κ3) is 3.82. The quantitative estimate of drug-likeness (QED) is 0.218. The Hall–Kier alpha value is -3.38. The van der Waals surface area contributed by atoms with E-state index in [1.807, 2.05) is 26.0 Å². The van der Waals surface area contributed by atoms with Crippen molar-refractivity contribution in [2.45, 2.75) is 46.3 Å². The van der Waals surface area contributed by atoms with Gasteiger partial charge in [0.15, 0.2) is 10.9 Å². The number of hydrogen-bond donors (Lipinski definition) is 0. The molecule has 2 heterocycles. The Kier molecular flexibility index (Phi) is 5.78. The van der Waals surface area contributed by atoms with E-state index in [1.165, 1.54) is 22.9 Å². The molecule has 5 aromatic rings. The molecule has 0 unspecified atom stereocenters. The number of aryl methyl sites for hydroxylation is 3. The van der Waals surface area contributed by atoms with Crippen LogP contribution in [0.3, 0.4) is 0 Å². The molecule has 3 aromatic carbocycles. The lowest BCUT2D eigenvalue weighted by molar-refractivity contribution is 0.102. The summed E-state index contributed by atoms with van der Waals surface area (Å²) < 4.78 is 4.26. The highest BCUT2D eigenvalue weighted by atomic mass is 32.2. The van der Waals surface area contributed by atoms with Crippen LogP contribution in [0.5, 0.6) is 0 Å². The summed E-state index contributed by atoms with van der Waals surface area (Å²) in [5.41, 5.74) is 9.87. The molecular formula is C28H28N4OS. The van der Waals surface area contributed by atoms with Crippen molar-refractivity contribution in [1.82, 2.24) is 19.2 Å². The fourth-order valence-corrected chi connectivity index (χ4v) is 5.41. The van der Waals surface area contributed by atoms with Gasteiger partial charge in [-0.05, 0) is 74.6 Å². The number of fused-ring (bicyclic) bond motifs is 3. The predicted molar refractivity (Wildman–Crippen MR) is 139 cm³/mol. The van der Waals surface area contributed by atoms with Gasteiger partial charge in [0, 0.05) is 5.56 Å². The van der Waals surface area contributed by atoms with E-state index < -0.39 is 0 Å². The fraction of sp³-hybridized carbons (Fsp3) is 0.250. The second kappa shape index (κ2) is 8.76. The molecular weight excluding hydrogens is 440 g/mol. The molecule has 34 heavy (non-hydrogen) atoms. The number of nitrogens with zero attached hydrogens (tertiary/aromatic N) is 4. The van der Waals surface area contributed by atoms with E-state index in [9.17, 15) is 4.79 Å². The van der Waals surface area contributed by atoms with Crippen molar-refractivity contribution in [3.05, 3.63) is 93.5 Å². The molecule has 6 heteroatoms. The van der Waals surface area contributed by atoms with Gasteiger partial charge in [-0.15, -0.1) is 10.2 Å². The third-order valence-corrected chi connectivity index (χ3v) is 7.64. The number of rotatable bonds is 6. The largest absolute Gasteiger partial charge is 0.304 e. The molecule has 5 nitrogen and oxygen atoms in total. The van der Waals surface area contributed by atoms with Crippen LogP contribution in [0.15, 0.2) is 59.8 Å². The maximum Gasteiger partial charge on any atom is 0.237 e. The van der Waals surface area contributed by atoms with E-state index in [-0.39, 0.29) is 5.78 Å². The van der Waals surface area contributed by atoms with E-state index in [0.717, 1.165) is 49.8 Å². The first-order valence-electron chi connectivity index (χ1n) is 11.5. The summed E-state index contributed by atoms with van der Waals surface area (Å²) in [7, 11) is 0. The summed E-state index contributed by atoms with van der Waals surface area (Å²) in [4.78, 5) is 13.3. The summed E-state index contributed by atoms with van der Waals surface area (Å²) >= 11 is 1.45. The van der Waals surface area contributed by atoms with Crippen molar-refractivity contribution in [1.29, 1.82) is 0 Å². The van der Waals surface area contributed by atoms with E-state index in [1.54, 1.807) is 0 Å². The Labute approximate surface area is 203 Å². The van der Waals surface area contributed by atoms with Gasteiger partial charge in [0.25, 0.3) is 0 Å². The van der Waals surface area contributed by atoms with Crippen LogP contribution in [0.2, 0.25) is 0 Å². The summed E-state index contributed by atoms with van der Waals surface area (Å²) in [6, 6.07) is 19.0. The topological polar surface area (TPSA) is 52.2 Å². The number of hydrogen-bond acceptors (Lipinski definition) is 4. The van der Waals surface area contributed by atoms with Crippen LogP contribution < -0.4 is 0 Å².